The lowest BCUT2D eigenvalue weighted by atomic mass is 10.0. The Bertz CT molecular complexity index is 1320. The van der Waals surface area contributed by atoms with Gasteiger partial charge < -0.3 is 29.4 Å². The van der Waals surface area contributed by atoms with Gasteiger partial charge in [-0.1, -0.05) is 15.9 Å². The summed E-state index contributed by atoms with van der Waals surface area (Å²) in [7, 11) is 3.14. The molecule has 3 aromatic rings. The predicted octanol–water partition coefficient (Wildman–Crippen LogP) is 3.03. The van der Waals surface area contributed by atoms with E-state index in [1.165, 1.54) is 0 Å². The molecule has 0 radical (unpaired) electrons. The molecule has 0 aliphatic carbocycles. The van der Waals surface area contributed by atoms with E-state index in [1.807, 2.05) is 28.8 Å². The minimum Gasteiger partial charge on any atom is -0.493 e. The van der Waals surface area contributed by atoms with Gasteiger partial charge in [-0.25, -0.2) is 0 Å². The Morgan fingerprint density at radius 1 is 1.14 bits per heavy atom. The van der Waals surface area contributed by atoms with Crippen molar-refractivity contribution in [2.45, 2.75) is 13.0 Å². The number of amides is 2. The molecule has 1 saturated heterocycles. The third kappa shape index (κ3) is 4.80. The molecule has 3 heterocycles. The summed E-state index contributed by atoms with van der Waals surface area (Å²) in [5.74, 6) is 0.852. The van der Waals surface area contributed by atoms with Crippen LogP contribution in [-0.4, -0.2) is 74.9 Å². The van der Waals surface area contributed by atoms with Gasteiger partial charge in [0.25, 0.3) is 0 Å². The number of halogens is 1. The predicted molar refractivity (Wildman–Crippen MR) is 141 cm³/mol. The van der Waals surface area contributed by atoms with Crippen molar-refractivity contribution >= 4 is 44.3 Å². The molecule has 2 aliphatic rings. The number of hydrogen-bond donors (Lipinski definition) is 2. The van der Waals surface area contributed by atoms with E-state index >= 15 is 0 Å². The van der Waals surface area contributed by atoms with Crippen molar-refractivity contribution in [1.82, 2.24) is 14.8 Å². The summed E-state index contributed by atoms with van der Waals surface area (Å²) in [5, 5.41) is 6.99. The number of benzene rings is 2. The van der Waals surface area contributed by atoms with Crippen LogP contribution in [-0.2, 0) is 27.3 Å². The van der Waals surface area contributed by atoms with Crippen molar-refractivity contribution in [3.8, 4) is 22.8 Å². The van der Waals surface area contributed by atoms with Gasteiger partial charge >= 0.3 is 0 Å². The van der Waals surface area contributed by atoms with Gasteiger partial charge in [0.2, 0.25) is 11.8 Å². The van der Waals surface area contributed by atoms with Crippen LogP contribution in [0.3, 0.4) is 0 Å². The van der Waals surface area contributed by atoms with Gasteiger partial charge in [-0.3, -0.25) is 14.5 Å². The Morgan fingerprint density at radius 3 is 2.64 bits per heavy atom. The molecular formula is C26H29BrN4O5. The number of methoxy groups -OCH3 is 2. The summed E-state index contributed by atoms with van der Waals surface area (Å²) in [4.78, 5) is 28.3. The molecule has 0 saturated carbocycles. The monoisotopic (exact) mass is 556 g/mol. The number of ether oxygens (including phenoxy) is 3. The first-order valence-electron chi connectivity index (χ1n) is 11.9. The second kappa shape index (κ2) is 10.5. The Balaban J connectivity index is 1.54. The zero-order valence-electron chi connectivity index (χ0n) is 20.4. The number of nitrogens with zero attached hydrogens (tertiary/aromatic N) is 2. The van der Waals surface area contributed by atoms with E-state index in [4.69, 9.17) is 14.2 Å². The third-order valence-corrected chi connectivity index (χ3v) is 7.17. The average molecular weight is 557 g/mol. The fraction of sp³-hybridized carbons (Fsp3) is 0.385. The van der Waals surface area contributed by atoms with E-state index in [0.29, 0.717) is 23.7 Å². The van der Waals surface area contributed by atoms with Gasteiger partial charge in [0.05, 0.1) is 45.2 Å². The molecule has 2 aliphatic heterocycles. The molecule has 2 amide bonds. The summed E-state index contributed by atoms with van der Waals surface area (Å²) in [6, 6.07) is 9.55. The van der Waals surface area contributed by atoms with Crippen molar-refractivity contribution in [2.24, 2.45) is 0 Å². The molecule has 2 aromatic carbocycles. The second-order valence-electron chi connectivity index (χ2n) is 8.86. The Morgan fingerprint density at radius 2 is 1.89 bits per heavy atom. The molecule has 5 rings (SSSR count). The molecule has 1 fully saturated rings. The summed E-state index contributed by atoms with van der Waals surface area (Å²) in [5.41, 5.74) is 3.98. The Labute approximate surface area is 217 Å². The van der Waals surface area contributed by atoms with Crippen LogP contribution in [0.15, 0.2) is 34.8 Å². The van der Waals surface area contributed by atoms with Crippen molar-refractivity contribution in [3.05, 3.63) is 40.4 Å². The van der Waals surface area contributed by atoms with Crippen molar-refractivity contribution in [3.63, 3.8) is 0 Å². The van der Waals surface area contributed by atoms with Crippen LogP contribution >= 0.6 is 15.9 Å². The lowest BCUT2D eigenvalue weighted by molar-refractivity contribution is -0.121. The maximum atomic E-state index is 13.1. The van der Waals surface area contributed by atoms with Gasteiger partial charge in [0.15, 0.2) is 11.5 Å². The lowest BCUT2D eigenvalue weighted by Crippen LogP contribution is -2.41. The maximum absolute atomic E-state index is 13.1. The van der Waals surface area contributed by atoms with Crippen LogP contribution in [0.4, 0.5) is 5.69 Å². The van der Waals surface area contributed by atoms with Crippen LogP contribution in [0.25, 0.3) is 22.2 Å². The normalized spacial score (nSPS) is 15.6. The minimum absolute atomic E-state index is 0.0866. The lowest BCUT2D eigenvalue weighted by Gasteiger charge is -2.26. The summed E-state index contributed by atoms with van der Waals surface area (Å²) in [6.07, 6.45) is 0.188. The number of aromatic nitrogens is 1. The summed E-state index contributed by atoms with van der Waals surface area (Å²) < 4.78 is 19.3. The molecule has 0 atom stereocenters. The standard InChI is InChI=1S/C26H29BrN4O5/c1-34-22-12-19-20(14-23(22)35-2)29-24(32)13-18-17-11-16(27)3-4-21(17)31(26(18)19)15-25(33)28-5-6-30-7-9-36-10-8-30/h3-4,11-12,14H,5-10,13,15H2,1-2H3,(H,28,33)(H,29,32). The van der Waals surface area contributed by atoms with Crippen molar-refractivity contribution < 1.29 is 23.8 Å². The van der Waals surface area contributed by atoms with E-state index in [1.54, 1.807) is 20.3 Å². The van der Waals surface area contributed by atoms with Gasteiger partial charge in [-0.2, -0.15) is 0 Å². The number of carbonyl (C=O) groups excluding carboxylic acids is 2. The van der Waals surface area contributed by atoms with E-state index in [-0.39, 0.29) is 24.8 Å². The number of hydrogen-bond acceptors (Lipinski definition) is 6. The minimum atomic E-state index is -0.129. The summed E-state index contributed by atoms with van der Waals surface area (Å²) >= 11 is 3.56. The van der Waals surface area contributed by atoms with Gasteiger partial charge in [-0.15, -0.1) is 0 Å². The van der Waals surface area contributed by atoms with Crippen LogP contribution in [0, 0.1) is 0 Å². The van der Waals surface area contributed by atoms with Gasteiger partial charge in [0, 0.05) is 53.2 Å². The van der Waals surface area contributed by atoms with Crippen molar-refractivity contribution in [1.29, 1.82) is 0 Å². The molecule has 9 nitrogen and oxygen atoms in total. The van der Waals surface area contributed by atoms with E-state index < -0.39 is 0 Å². The van der Waals surface area contributed by atoms with E-state index in [0.717, 1.165) is 65.0 Å². The first-order valence-corrected chi connectivity index (χ1v) is 12.7. The van der Waals surface area contributed by atoms with Crippen LogP contribution in [0.2, 0.25) is 0 Å². The quantitative estimate of drug-likeness (QED) is 0.464. The number of fused-ring (bicyclic) bond motifs is 5. The fourth-order valence-electron chi connectivity index (χ4n) is 4.96. The molecular weight excluding hydrogens is 528 g/mol. The molecule has 0 spiro atoms. The van der Waals surface area contributed by atoms with Crippen LogP contribution < -0.4 is 20.1 Å². The van der Waals surface area contributed by atoms with Gasteiger partial charge in [-0.05, 0) is 29.8 Å². The van der Waals surface area contributed by atoms with Crippen LogP contribution in [0.1, 0.15) is 5.56 Å². The smallest absolute Gasteiger partial charge is 0.240 e. The summed E-state index contributed by atoms with van der Waals surface area (Å²) in [6.45, 7) is 4.68. The number of nitrogens with one attached hydrogen (secondary N) is 2. The molecule has 1 aromatic heterocycles. The van der Waals surface area contributed by atoms with Gasteiger partial charge in [0.1, 0.15) is 6.54 Å². The SMILES string of the molecule is COc1cc2c(cc1OC)-c1c(c3cc(Br)ccc3n1CC(=O)NCCN1CCOCC1)CC(=O)N2. The highest BCUT2D eigenvalue weighted by Gasteiger charge is 2.28. The highest BCUT2D eigenvalue weighted by atomic mass is 79.9. The molecule has 0 bridgehead atoms. The van der Waals surface area contributed by atoms with Crippen molar-refractivity contribution in [2.75, 3.05) is 58.9 Å². The molecule has 2 N–H and O–H groups in total. The first-order chi connectivity index (χ1) is 17.5. The molecule has 10 heteroatoms. The average Bonchev–Trinajstić information content (AvgIpc) is 3.06. The topological polar surface area (TPSA) is 94.1 Å². The Hall–Kier alpha value is -3.08. The first kappa shape index (κ1) is 24.6. The molecule has 190 valence electrons. The number of carbonyl (C=O) groups is 2. The van der Waals surface area contributed by atoms with E-state index in [9.17, 15) is 9.59 Å². The number of rotatable bonds is 7. The van der Waals surface area contributed by atoms with Crippen LogP contribution in [0.5, 0.6) is 11.5 Å². The molecule has 0 unspecified atom stereocenters. The Kier molecular flexibility index (Phi) is 7.17. The number of anilines is 1. The molecule has 36 heavy (non-hydrogen) atoms. The second-order valence-corrected chi connectivity index (χ2v) is 9.77. The number of morpholine rings is 1. The fourth-order valence-corrected chi connectivity index (χ4v) is 5.32. The zero-order chi connectivity index (χ0) is 25.2. The zero-order valence-corrected chi connectivity index (χ0v) is 21.9. The maximum Gasteiger partial charge on any atom is 0.240 e. The van der Waals surface area contributed by atoms with E-state index in [2.05, 4.69) is 31.5 Å². The third-order valence-electron chi connectivity index (χ3n) is 6.68. The highest BCUT2D eigenvalue weighted by molar-refractivity contribution is 9.10. The highest BCUT2D eigenvalue weighted by Crippen LogP contribution is 2.45. The largest absolute Gasteiger partial charge is 0.493 e.